The Morgan fingerprint density at radius 1 is 1.47 bits per heavy atom. The first kappa shape index (κ1) is 14.8. The van der Waals surface area contributed by atoms with Gasteiger partial charge in [0, 0.05) is 24.0 Å². The van der Waals surface area contributed by atoms with Crippen molar-refractivity contribution in [2.24, 2.45) is 0 Å². The third-order valence-corrected chi connectivity index (χ3v) is 5.21. The zero-order valence-electron chi connectivity index (χ0n) is 11.6. The lowest BCUT2D eigenvalue weighted by atomic mass is 10.2. The van der Waals surface area contributed by atoms with E-state index in [4.69, 9.17) is 0 Å². The van der Waals surface area contributed by atoms with Crippen LogP contribution in [-0.4, -0.2) is 9.78 Å². The van der Waals surface area contributed by atoms with Gasteiger partial charge in [0.2, 0.25) is 0 Å². The molecule has 0 aliphatic carbocycles. The fraction of sp³-hybridized carbons (Fsp3) is 0.500. The lowest BCUT2D eigenvalue weighted by Crippen LogP contribution is -2.19. The normalized spacial score (nSPS) is 12.8. The molecule has 2 heterocycles. The number of nitrogens with one attached hydrogen (secondary N) is 1. The Kier molecular flexibility index (Phi) is 5.19. The van der Waals surface area contributed by atoms with E-state index in [0.29, 0.717) is 6.04 Å². The van der Waals surface area contributed by atoms with Gasteiger partial charge in [-0.25, -0.2) is 0 Å². The van der Waals surface area contributed by atoms with Crippen LogP contribution in [0.2, 0.25) is 0 Å². The number of halogens is 1. The van der Waals surface area contributed by atoms with Gasteiger partial charge in [0.05, 0.1) is 15.9 Å². The van der Waals surface area contributed by atoms with Crippen molar-refractivity contribution in [1.82, 2.24) is 15.1 Å². The van der Waals surface area contributed by atoms with E-state index in [1.165, 1.54) is 10.6 Å². The summed E-state index contributed by atoms with van der Waals surface area (Å²) in [5.41, 5.74) is 2.38. The third kappa shape index (κ3) is 3.27. The minimum atomic E-state index is 0.372. The van der Waals surface area contributed by atoms with Crippen molar-refractivity contribution >= 4 is 27.3 Å². The van der Waals surface area contributed by atoms with Crippen molar-refractivity contribution in [2.75, 3.05) is 0 Å². The summed E-state index contributed by atoms with van der Waals surface area (Å²) in [6, 6.07) is 4.64. The highest BCUT2D eigenvalue weighted by Gasteiger charge is 2.15. The van der Waals surface area contributed by atoms with Crippen molar-refractivity contribution in [3.05, 3.63) is 38.3 Å². The number of hydrogen-bond acceptors (Lipinski definition) is 3. The number of hydrogen-bond donors (Lipinski definition) is 1. The summed E-state index contributed by atoms with van der Waals surface area (Å²) in [6.07, 6.45) is 0.959. The predicted octanol–water partition coefficient (Wildman–Crippen LogP) is 4.14. The monoisotopic (exact) mass is 341 g/mol. The van der Waals surface area contributed by atoms with Crippen LogP contribution in [0.15, 0.2) is 22.0 Å². The highest BCUT2D eigenvalue weighted by Crippen LogP contribution is 2.24. The number of aryl methyl sites for hydroxylation is 2. The van der Waals surface area contributed by atoms with Gasteiger partial charge in [-0.1, -0.05) is 13.0 Å². The van der Waals surface area contributed by atoms with Crippen molar-refractivity contribution < 1.29 is 0 Å². The fourth-order valence-corrected chi connectivity index (χ4v) is 3.54. The highest BCUT2D eigenvalue weighted by molar-refractivity contribution is 9.10. The van der Waals surface area contributed by atoms with E-state index in [9.17, 15) is 0 Å². The summed E-state index contributed by atoms with van der Waals surface area (Å²) in [6.45, 7) is 8.21. The number of aromatic nitrogens is 2. The first-order chi connectivity index (χ1) is 9.17. The van der Waals surface area contributed by atoms with Crippen LogP contribution < -0.4 is 5.32 Å². The molecule has 1 atom stereocenters. The maximum Gasteiger partial charge on any atom is 0.0767 e. The van der Waals surface area contributed by atoms with Gasteiger partial charge in [0.15, 0.2) is 0 Å². The Labute approximate surface area is 127 Å². The molecule has 5 heteroatoms. The zero-order chi connectivity index (χ0) is 13.8. The van der Waals surface area contributed by atoms with Crippen molar-refractivity contribution in [3.8, 4) is 0 Å². The Balaban J connectivity index is 2.08. The van der Waals surface area contributed by atoms with Crippen LogP contribution in [0.25, 0.3) is 0 Å². The van der Waals surface area contributed by atoms with Crippen molar-refractivity contribution in [1.29, 1.82) is 0 Å². The van der Waals surface area contributed by atoms with E-state index < -0.39 is 0 Å². The largest absolute Gasteiger partial charge is 0.304 e. The van der Waals surface area contributed by atoms with Gasteiger partial charge < -0.3 is 5.32 Å². The molecule has 1 N–H and O–H groups in total. The average molecular weight is 342 g/mol. The molecule has 104 valence electrons. The highest BCUT2D eigenvalue weighted by atomic mass is 79.9. The van der Waals surface area contributed by atoms with E-state index in [2.05, 4.69) is 69.3 Å². The summed E-state index contributed by atoms with van der Waals surface area (Å²) in [5.74, 6) is 0. The number of thiophene rings is 1. The molecule has 0 bridgehead atoms. The third-order valence-electron chi connectivity index (χ3n) is 3.24. The molecule has 0 saturated heterocycles. The summed E-state index contributed by atoms with van der Waals surface area (Å²) in [7, 11) is 0. The SMILES string of the molecule is CCc1nn(CC)c(CN[C@@H](C)c2cccs2)c1Br. The Morgan fingerprint density at radius 3 is 2.84 bits per heavy atom. The second-order valence-corrected chi connectivity index (χ2v) is 6.27. The molecule has 0 radical (unpaired) electrons. The number of nitrogens with zero attached hydrogens (tertiary/aromatic N) is 2. The molecule has 0 aliphatic heterocycles. The molecular formula is C14H20BrN3S. The molecule has 0 aliphatic rings. The maximum atomic E-state index is 4.62. The van der Waals surface area contributed by atoms with Crippen LogP contribution >= 0.6 is 27.3 Å². The van der Waals surface area contributed by atoms with Crippen LogP contribution in [-0.2, 0) is 19.5 Å². The van der Waals surface area contributed by atoms with Crippen LogP contribution in [0.3, 0.4) is 0 Å². The molecule has 0 aromatic carbocycles. The molecule has 2 aromatic rings. The quantitative estimate of drug-likeness (QED) is 0.855. The van der Waals surface area contributed by atoms with E-state index >= 15 is 0 Å². The van der Waals surface area contributed by atoms with Crippen LogP contribution in [0, 0.1) is 0 Å². The molecule has 0 saturated carbocycles. The topological polar surface area (TPSA) is 29.9 Å². The maximum absolute atomic E-state index is 4.62. The predicted molar refractivity (Wildman–Crippen MR) is 84.6 cm³/mol. The zero-order valence-corrected chi connectivity index (χ0v) is 14.0. The first-order valence-corrected chi connectivity index (χ1v) is 8.35. The summed E-state index contributed by atoms with van der Waals surface area (Å²) < 4.78 is 3.24. The molecule has 2 aromatic heterocycles. The molecule has 0 unspecified atom stereocenters. The number of rotatable bonds is 6. The fourth-order valence-electron chi connectivity index (χ4n) is 2.07. The van der Waals surface area contributed by atoms with E-state index in [1.54, 1.807) is 11.3 Å². The first-order valence-electron chi connectivity index (χ1n) is 6.68. The van der Waals surface area contributed by atoms with Crippen molar-refractivity contribution in [3.63, 3.8) is 0 Å². The lowest BCUT2D eigenvalue weighted by Gasteiger charge is -2.13. The van der Waals surface area contributed by atoms with Gasteiger partial charge in [-0.3, -0.25) is 4.68 Å². The molecule has 2 rings (SSSR count). The van der Waals surface area contributed by atoms with E-state index in [0.717, 1.165) is 29.7 Å². The standard InChI is InChI=1S/C14H20BrN3S/c1-4-11-14(15)12(18(5-2)17-11)9-16-10(3)13-7-6-8-19-13/h6-8,10,16H,4-5,9H2,1-3H3/t10-/m0/s1. The second-order valence-electron chi connectivity index (χ2n) is 4.49. The Bertz CT molecular complexity index is 519. The second kappa shape index (κ2) is 6.68. The van der Waals surface area contributed by atoms with Crippen LogP contribution in [0.1, 0.15) is 43.1 Å². The molecule has 0 spiro atoms. The van der Waals surface area contributed by atoms with Gasteiger partial charge in [0.1, 0.15) is 0 Å². The van der Waals surface area contributed by atoms with Gasteiger partial charge in [-0.15, -0.1) is 11.3 Å². The summed E-state index contributed by atoms with van der Waals surface area (Å²) in [5, 5.41) is 10.3. The minimum Gasteiger partial charge on any atom is -0.304 e. The molecule has 0 fully saturated rings. The minimum absolute atomic E-state index is 0.372. The smallest absolute Gasteiger partial charge is 0.0767 e. The van der Waals surface area contributed by atoms with Crippen LogP contribution in [0.4, 0.5) is 0 Å². The van der Waals surface area contributed by atoms with Gasteiger partial charge in [0.25, 0.3) is 0 Å². The van der Waals surface area contributed by atoms with E-state index in [-0.39, 0.29) is 0 Å². The van der Waals surface area contributed by atoms with Gasteiger partial charge in [-0.2, -0.15) is 5.10 Å². The Morgan fingerprint density at radius 2 is 2.26 bits per heavy atom. The summed E-state index contributed by atoms with van der Waals surface area (Å²) in [4.78, 5) is 1.37. The average Bonchev–Trinajstić information content (AvgIpc) is 3.04. The molecule has 19 heavy (non-hydrogen) atoms. The molecular weight excluding hydrogens is 322 g/mol. The van der Waals surface area contributed by atoms with Gasteiger partial charge >= 0.3 is 0 Å². The lowest BCUT2D eigenvalue weighted by molar-refractivity contribution is 0.534. The van der Waals surface area contributed by atoms with E-state index in [1.807, 2.05) is 0 Å². The van der Waals surface area contributed by atoms with Gasteiger partial charge in [-0.05, 0) is 47.6 Å². The van der Waals surface area contributed by atoms with Crippen LogP contribution in [0.5, 0.6) is 0 Å². The van der Waals surface area contributed by atoms with Crippen molar-refractivity contribution in [2.45, 2.75) is 46.3 Å². The summed E-state index contributed by atoms with van der Waals surface area (Å²) >= 11 is 5.47. The Hall–Kier alpha value is -0.650. The molecule has 3 nitrogen and oxygen atoms in total. The molecule has 0 amide bonds.